The van der Waals surface area contributed by atoms with E-state index in [0.717, 1.165) is 16.8 Å². The molecule has 2 aromatic rings. The highest BCUT2D eigenvalue weighted by Gasteiger charge is 2.02. The zero-order chi connectivity index (χ0) is 11.5. The summed E-state index contributed by atoms with van der Waals surface area (Å²) in [5.41, 5.74) is 2.77. The van der Waals surface area contributed by atoms with Crippen LogP contribution >= 0.6 is 0 Å². The Bertz CT molecular complexity index is 495. The van der Waals surface area contributed by atoms with Gasteiger partial charge in [-0.3, -0.25) is 4.98 Å². The molecule has 0 amide bonds. The van der Waals surface area contributed by atoms with E-state index in [0.29, 0.717) is 0 Å². The van der Waals surface area contributed by atoms with Gasteiger partial charge >= 0.3 is 0 Å². The summed E-state index contributed by atoms with van der Waals surface area (Å²) in [6.45, 7) is 0. The number of benzene rings is 1. The van der Waals surface area contributed by atoms with Crippen LogP contribution in [0.25, 0.3) is 11.1 Å². The van der Waals surface area contributed by atoms with Crippen molar-refractivity contribution in [2.24, 2.45) is 0 Å². The van der Waals surface area contributed by atoms with E-state index in [1.807, 2.05) is 31.1 Å². The van der Waals surface area contributed by atoms with E-state index in [1.165, 1.54) is 12.1 Å². The van der Waals surface area contributed by atoms with Crippen LogP contribution in [0.2, 0.25) is 0 Å². The van der Waals surface area contributed by atoms with Gasteiger partial charge in [0.25, 0.3) is 0 Å². The first-order chi connectivity index (χ1) is 7.66. The van der Waals surface area contributed by atoms with Crippen molar-refractivity contribution in [3.8, 4) is 11.1 Å². The van der Waals surface area contributed by atoms with Crippen LogP contribution in [0.15, 0.2) is 42.7 Å². The molecule has 1 heterocycles. The van der Waals surface area contributed by atoms with E-state index in [4.69, 9.17) is 0 Å². The molecule has 0 N–H and O–H groups in total. The number of pyridine rings is 1. The van der Waals surface area contributed by atoms with E-state index in [1.54, 1.807) is 18.5 Å². The fraction of sp³-hybridized carbons (Fsp3) is 0.154. The average molecular weight is 216 g/mol. The monoisotopic (exact) mass is 216 g/mol. The lowest BCUT2D eigenvalue weighted by Gasteiger charge is -2.12. The Kier molecular flexibility index (Phi) is 2.86. The van der Waals surface area contributed by atoms with Crippen LogP contribution in [0.1, 0.15) is 0 Å². The Labute approximate surface area is 94.4 Å². The minimum atomic E-state index is -0.229. The Morgan fingerprint density at radius 3 is 2.56 bits per heavy atom. The second-order valence-electron chi connectivity index (χ2n) is 3.84. The molecule has 0 saturated carbocycles. The van der Waals surface area contributed by atoms with Crippen LogP contribution < -0.4 is 4.90 Å². The fourth-order valence-electron chi connectivity index (χ4n) is 1.50. The molecule has 0 aliphatic heterocycles. The Morgan fingerprint density at radius 2 is 1.88 bits per heavy atom. The molecule has 0 saturated heterocycles. The quantitative estimate of drug-likeness (QED) is 0.767. The van der Waals surface area contributed by atoms with Gasteiger partial charge in [0, 0.05) is 25.9 Å². The van der Waals surface area contributed by atoms with E-state index in [9.17, 15) is 4.39 Å². The third-order valence-corrected chi connectivity index (χ3v) is 2.40. The van der Waals surface area contributed by atoms with E-state index in [2.05, 4.69) is 4.98 Å². The molecule has 0 radical (unpaired) electrons. The number of hydrogen-bond donors (Lipinski definition) is 0. The predicted octanol–water partition coefficient (Wildman–Crippen LogP) is 2.95. The Balaban J connectivity index is 2.44. The van der Waals surface area contributed by atoms with Crippen molar-refractivity contribution in [1.29, 1.82) is 0 Å². The van der Waals surface area contributed by atoms with Crippen molar-refractivity contribution in [2.75, 3.05) is 19.0 Å². The number of hydrogen-bond acceptors (Lipinski definition) is 2. The summed E-state index contributed by atoms with van der Waals surface area (Å²) in [5.74, 6) is -0.229. The third kappa shape index (κ3) is 2.19. The molecule has 82 valence electrons. The average Bonchev–Trinajstić information content (AvgIpc) is 2.29. The zero-order valence-corrected chi connectivity index (χ0v) is 9.31. The lowest BCUT2D eigenvalue weighted by atomic mass is 10.1. The first-order valence-corrected chi connectivity index (χ1v) is 5.05. The van der Waals surface area contributed by atoms with Gasteiger partial charge in [-0.1, -0.05) is 12.1 Å². The summed E-state index contributed by atoms with van der Waals surface area (Å²) in [4.78, 5) is 6.12. The second-order valence-corrected chi connectivity index (χ2v) is 3.84. The summed E-state index contributed by atoms with van der Waals surface area (Å²) in [7, 11) is 3.90. The number of aromatic nitrogens is 1. The summed E-state index contributed by atoms with van der Waals surface area (Å²) in [6, 6.07) is 8.51. The van der Waals surface area contributed by atoms with E-state index in [-0.39, 0.29) is 5.82 Å². The van der Waals surface area contributed by atoms with Crippen molar-refractivity contribution >= 4 is 5.69 Å². The van der Waals surface area contributed by atoms with Gasteiger partial charge in [-0.05, 0) is 23.8 Å². The molecule has 1 aromatic heterocycles. The molecule has 0 aliphatic carbocycles. The molecular weight excluding hydrogens is 203 g/mol. The van der Waals surface area contributed by atoms with Crippen LogP contribution in [0, 0.1) is 5.82 Å². The maximum atomic E-state index is 13.1. The SMILES string of the molecule is CN(C)c1cncc(-c2cccc(F)c2)c1. The van der Waals surface area contributed by atoms with Crippen molar-refractivity contribution in [2.45, 2.75) is 0 Å². The number of anilines is 1. The first kappa shape index (κ1) is 10.6. The topological polar surface area (TPSA) is 16.1 Å². The Hall–Kier alpha value is -1.90. The number of nitrogens with zero attached hydrogens (tertiary/aromatic N) is 2. The highest BCUT2D eigenvalue weighted by molar-refractivity contribution is 5.66. The molecule has 2 nitrogen and oxygen atoms in total. The van der Waals surface area contributed by atoms with Gasteiger partial charge in [0.1, 0.15) is 5.82 Å². The minimum Gasteiger partial charge on any atom is -0.376 e. The molecule has 3 heteroatoms. The van der Waals surface area contributed by atoms with E-state index >= 15 is 0 Å². The van der Waals surface area contributed by atoms with Crippen LogP contribution in [0.5, 0.6) is 0 Å². The summed E-state index contributed by atoms with van der Waals surface area (Å²) in [5, 5.41) is 0. The lowest BCUT2D eigenvalue weighted by molar-refractivity contribution is 0.628. The molecule has 2 rings (SSSR count). The van der Waals surface area contributed by atoms with Gasteiger partial charge in [0.15, 0.2) is 0 Å². The standard InChI is InChI=1S/C13H13FN2/c1-16(2)13-7-11(8-15-9-13)10-4-3-5-12(14)6-10/h3-9H,1-2H3. The number of rotatable bonds is 2. The van der Waals surface area contributed by atoms with Crippen LogP contribution in [0.3, 0.4) is 0 Å². The summed E-state index contributed by atoms with van der Waals surface area (Å²) < 4.78 is 13.1. The van der Waals surface area contributed by atoms with E-state index < -0.39 is 0 Å². The van der Waals surface area contributed by atoms with Crippen molar-refractivity contribution < 1.29 is 4.39 Å². The third-order valence-electron chi connectivity index (χ3n) is 2.40. The molecule has 0 unspecified atom stereocenters. The molecule has 16 heavy (non-hydrogen) atoms. The van der Waals surface area contributed by atoms with Gasteiger partial charge in [0.2, 0.25) is 0 Å². The maximum absolute atomic E-state index is 13.1. The molecule has 1 aromatic carbocycles. The molecular formula is C13H13FN2. The summed E-state index contributed by atoms with van der Waals surface area (Å²) in [6.07, 6.45) is 3.52. The second kappa shape index (κ2) is 4.31. The predicted molar refractivity (Wildman–Crippen MR) is 64.0 cm³/mol. The lowest BCUT2D eigenvalue weighted by Crippen LogP contribution is -2.08. The van der Waals surface area contributed by atoms with Gasteiger partial charge < -0.3 is 4.90 Å². The van der Waals surface area contributed by atoms with Gasteiger partial charge in [0.05, 0.1) is 11.9 Å². The normalized spacial score (nSPS) is 10.2. The molecule has 0 fully saturated rings. The van der Waals surface area contributed by atoms with Gasteiger partial charge in [-0.15, -0.1) is 0 Å². The van der Waals surface area contributed by atoms with Crippen molar-refractivity contribution in [3.63, 3.8) is 0 Å². The van der Waals surface area contributed by atoms with Crippen LogP contribution in [-0.2, 0) is 0 Å². The smallest absolute Gasteiger partial charge is 0.123 e. The van der Waals surface area contributed by atoms with Crippen molar-refractivity contribution in [1.82, 2.24) is 4.98 Å². The van der Waals surface area contributed by atoms with Gasteiger partial charge in [-0.25, -0.2) is 4.39 Å². The van der Waals surface area contributed by atoms with Crippen LogP contribution in [0.4, 0.5) is 10.1 Å². The van der Waals surface area contributed by atoms with Crippen molar-refractivity contribution in [3.05, 3.63) is 48.5 Å². The molecule has 0 aliphatic rings. The minimum absolute atomic E-state index is 0.229. The highest BCUT2D eigenvalue weighted by Crippen LogP contribution is 2.22. The number of halogens is 1. The Morgan fingerprint density at radius 1 is 1.06 bits per heavy atom. The van der Waals surface area contributed by atoms with Gasteiger partial charge in [-0.2, -0.15) is 0 Å². The molecule has 0 spiro atoms. The molecule has 0 atom stereocenters. The highest BCUT2D eigenvalue weighted by atomic mass is 19.1. The maximum Gasteiger partial charge on any atom is 0.123 e. The summed E-state index contributed by atoms with van der Waals surface area (Å²) >= 11 is 0. The molecule has 0 bridgehead atoms. The largest absolute Gasteiger partial charge is 0.376 e. The first-order valence-electron chi connectivity index (χ1n) is 5.05. The fourth-order valence-corrected chi connectivity index (χ4v) is 1.50. The zero-order valence-electron chi connectivity index (χ0n) is 9.31. The van der Waals surface area contributed by atoms with Crippen LogP contribution in [-0.4, -0.2) is 19.1 Å².